The molecule has 146 valence electrons. The number of carbonyl (C=O) groups excluding carboxylic acids is 1. The summed E-state index contributed by atoms with van der Waals surface area (Å²) in [6, 6.07) is 0. The Morgan fingerprint density at radius 2 is 2.12 bits per heavy atom. The van der Waals surface area contributed by atoms with Gasteiger partial charge in [0.15, 0.2) is 0 Å². The molecule has 2 rings (SSSR count). The van der Waals surface area contributed by atoms with Gasteiger partial charge in [-0.1, -0.05) is 0 Å². The summed E-state index contributed by atoms with van der Waals surface area (Å²) in [5.41, 5.74) is -3.02. The van der Waals surface area contributed by atoms with Crippen molar-refractivity contribution in [2.75, 3.05) is 33.2 Å². The molecule has 0 aromatic carbocycles. The van der Waals surface area contributed by atoms with Crippen LogP contribution in [-0.2, 0) is 9.32 Å². The van der Waals surface area contributed by atoms with Gasteiger partial charge in [0.05, 0.1) is 0 Å². The fraction of sp³-hybridized carbons (Fsp3) is 0.833. The van der Waals surface area contributed by atoms with E-state index >= 15 is 0 Å². The molecule has 25 heavy (non-hydrogen) atoms. The van der Waals surface area contributed by atoms with E-state index in [0.717, 1.165) is 19.3 Å². The standard InChI is InChI=1S/C18H34NO5P/c1-17(23)14(10-11-24-25(2,3)4)16(22)19-18(17,12-20)15(21)13-8-6-5-7-9-13/h6,8,13-15,20-21,23,25H,5,7,9-12H2,1-4H3,(H,19,22)/t13-,14+,15+,17+,18-/m1/s1. The Bertz CT molecular complexity index is 516. The summed E-state index contributed by atoms with van der Waals surface area (Å²) in [6.07, 6.45) is 5.93. The van der Waals surface area contributed by atoms with Crippen molar-refractivity contribution in [2.45, 2.75) is 49.9 Å². The van der Waals surface area contributed by atoms with Crippen LogP contribution in [-0.4, -0.2) is 71.7 Å². The number of allylic oxidation sites excluding steroid dienone is 1. The van der Waals surface area contributed by atoms with Crippen molar-refractivity contribution < 1.29 is 24.6 Å². The van der Waals surface area contributed by atoms with Gasteiger partial charge in [-0.25, -0.2) is 0 Å². The van der Waals surface area contributed by atoms with E-state index in [-0.39, 0.29) is 11.8 Å². The first-order valence-electron chi connectivity index (χ1n) is 9.19. The van der Waals surface area contributed by atoms with E-state index in [1.165, 1.54) is 6.92 Å². The van der Waals surface area contributed by atoms with Gasteiger partial charge < -0.3 is 0 Å². The van der Waals surface area contributed by atoms with Gasteiger partial charge in [0.2, 0.25) is 0 Å². The van der Waals surface area contributed by atoms with Gasteiger partial charge in [0, 0.05) is 0 Å². The van der Waals surface area contributed by atoms with Gasteiger partial charge in [0.1, 0.15) is 0 Å². The molecule has 0 aromatic heterocycles. The minimum atomic E-state index is -1.71. The van der Waals surface area contributed by atoms with Crippen LogP contribution in [0.3, 0.4) is 0 Å². The third-order valence-electron chi connectivity index (χ3n) is 5.64. The molecule has 4 N–H and O–H groups in total. The molecule has 0 radical (unpaired) electrons. The second kappa shape index (κ2) is 7.61. The number of rotatable bonds is 7. The van der Waals surface area contributed by atoms with Crippen LogP contribution < -0.4 is 5.32 Å². The van der Waals surface area contributed by atoms with Gasteiger partial charge in [0.25, 0.3) is 0 Å². The second-order valence-electron chi connectivity index (χ2n) is 8.54. The third kappa shape index (κ3) is 4.09. The molecule has 0 aromatic rings. The van der Waals surface area contributed by atoms with Gasteiger partial charge in [-0.3, -0.25) is 0 Å². The van der Waals surface area contributed by atoms with E-state index in [1.54, 1.807) is 0 Å². The third-order valence-corrected chi connectivity index (χ3v) is 6.71. The molecule has 1 saturated heterocycles. The van der Waals surface area contributed by atoms with Gasteiger partial charge >= 0.3 is 150 Å². The zero-order valence-corrected chi connectivity index (χ0v) is 16.8. The van der Waals surface area contributed by atoms with Crippen molar-refractivity contribution in [3.8, 4) is 0 Å². The average molecular weight is 375 g/mol. The minimum absolute atomic E-state index is 0.190. The predicted octanol–water partition coefficient (Wildman–Crippen LogP) is 0.893. The molecule has 1 fully saturated rings. The number of aliphatic hydroxyl groups is 3. The van der Waals surface area contributed by atoms with E-state index in [4.69, 9.17) is 4.52 Å². The normalized spacial score (nSPS) is 37.8. The maximum atomic E-state index is 12.6. The van der Waals surface area contributed by atoms with Crippen molar-refractivity contribution in [2.24, 2.45) is 11.8 Å². The molecule has 6 nitrogen and oxygen atoms in total. The number of hydrogen-bond donors (Lipinski definition) is 4. The summed E-state index contributed by atoms with van der Waals surface area (Å²) in [6.45, 7) is 7.61. The number of amides is 1. The first kappa shape index (κ1) is 20.8. The van der Waals surface area contributed by atoms with Crippen LogP contribution in [0.15, 0.2) is 12.2 Å². The summed E-state index contributed by atoms with van der Waals surface area (Å²) < 4.78 is 5.82. The van der Waals surface area contributed by atoms with Crippen molar-refractivity contribution in [3.05, 3.63) is 12.2 Å². The monoisotopic (exact) mass is 375 g/mol. The van der Waals surface area contributed by atoms with Crippen LogP contribution in [0, 0.1) is 11.8 Å². The summed E-state index contributed by atoms with van der Waals surface area (Å²) in [5.74, 6) is -1.25. The topological polar surface area (TPSA) is 99.0 Å². The molecule has 7 heteroatoms. The van der Waals surface area contributed by atoms with Crippen LogP contribution in [0.1, 0.15) is 32.6 Å². The molecular weight excluding hydrogens is 341 g/mol. The first-order chi connectivity index (χ1) is 11.5. The van der Waals surface area contributed by atoms with Crippen LogP contribution in [0.2, 0.25) is 0 Å². The van der Waals surface area contributed by atoms with Crippen molar-refractivity contribution in [1.82, 2.24) is 5.32 Å². The van der Waals surface area contributed by atoms with Gasteiger partial charge in [-0.2, -0.15) is 0 Å². The quantitative estimate of drug-likeness (QED) is 0.391. The number of carbonyl (C=O) groups is 1. The first-order valence-corrected chi connectivity index (χ1v) is 12.6. The molecule has 1 aliphatic carbocycles. The van der Waals surface area contributed by atoms with Crippen LogP contribution in [0.5, 0.6) is 0 Å². The van der Waals surface area contributed by atoms with E-state index in [9.17, 15) is 20.1 Å². The zero-order valence-electron chi connectivity index (χ0n) is 15.8. The fourth-order valence-corrected chi connectivity index (χ4v) is 4.76. The van der Waals surface area contributed by atoms with Crippen LogP contribution >= 0.6 is 7.49 Å². The van der Waals surface area contributed by atoms with Gasteiger partial charge in [-0.05, 0) is 0 Å². The summed E-state index contributed by atoms with van der Waals surface area (Å²) in [5, 5.41) is 34.9. The van der Waals surface area contributed by atoms with Crippen molar-refractivity contribution in [3.63, 3.8) is 0 Å². The van der Waals surface area contributed by atoms with Gasteiger partial charge in [-0.15, -0.1) is 0 Å². The molecule has 5 atom stereocenters. The Labute approximate surface area is 151 Å². The number of hydrogen-bond acceptors (Lipinski definition) is 5. The molecule has 1 heterocycles. The fourth-order valence-electron chi connectivity index (χ4n) is 4.03. The Morgan fingerprint density at radius 1 is 1.44 bits per heavy atom. The van der Waals surface area contributed by atoms with Crippen LogP contribution in [0.4, 0.5) is 0 Å². The Kier molecular flexibility index (Phi) is 6.33. The molecule has 1 aliphatic heterocycles. The zero-order chi connectivity index (χ0) is 18.9. The van der Waals surface area contributed by atoms with Crippen molar-refractivity contribution in [1.29, 1.82) is 0 Å². The van der Waals surface area contributed by atoms with Crippen molar-refractivity contribution >= 4 is 13.4 Å². The SMILES string of the molecule is C[C@]1(O)[C@@H](CCO[PH](C)(C)C)C(=O)N[C@]1(CO)[C@@H](O)[C@@H]1C=CCCC1. The Morgan fingerprint density at radius 3 is 2.64 bits per heavy atom. The molecule has 0 unspecified atom stereocenters. The molecule has 0 spiro atoms. The van der Waals surface area contributed by atoms with Crippen LogP contribution in [0.25, 0.3) is 0 Å². The molecule has 1 amide bonds. The van der Waals surface area contributed by atoms with E-state index < -0.39 is 37.3 Å². The molecule has 0 bridgehead atoms. The van der Waals surface area contributed by atoms with E-state index in [0.29, 0.717) is 13.0 Å². The number of nitrogens with one attached hydrogen (secondary N) is 1. The Balaban J connectivity index is 2.20. The average Bonchev–Trinajstić information content (AvgIpc) is 2.74. The van der Waals surface area contributed by atoms with E-state index in [2.05, 4.69) is 25.3 Å². The Hall–Kier alpha value is -0.520. The number of aliphatic hydroxyl groups excluding tert-OH is 2. The summed E-state index contributed by atoms with van der Waals surface area (Å²) in [4.78, 5) is 12.6. The molecule has 2 aliphatic rings. The summed E-state index contributed by atoms with van der Waals surface area (Å²) >= 11 is 0. The second-order valence-corrected chi connectivity index (χ2v) is 13.0. The van der Waals surface area contributed by atoms with E-state index in [1.807, 2.05) is 12.2 Å². The summed E-state index contributed by atoms with van der Waals surface area (Å²) in [7, 11) is -1.71. The molecular formula is C18H34NO5P. The molecule has 0 saturated carbocycles. The predicted molar refractivity (Wildman–Crippen MR) is 101 cm³/mol. The maximum absolute atomic E-state index is 12.6.